The van der Waals surface area contributed by atoms with E-state index in [4.69, 9.17) is 4.42 Å². The smallest absolute Gasteiger partial charge is 0.349 e. The number of carbonyl (C=O) groups is 1. The molecule has 0 atom stereocenters. The van der Waals surface area contributed by atoms with Crippen molar-refractivity contribution in [2.24, 2.45) is 0 Å². The lowest BCUT2D eigenvalue weighted by atomic mass is 10.0. The predicted molar refractivity (Wildman–Crippen MR) is 80.6 cm³/mol. The Hall–Kier alpha value is -2.14. The largest absolute Gasteiger partial charge is 0.422 e. The minimum absolute atomic E-state index is 0.163. The average Bonchev–Trinajstić information content (AvgIpc) is 2.76. The van der Waals surface area contributed by atoms with Gasteiger partial charge in [-0.1, -0.05) is 18.2 Å². The third kappa shape index (κ3) is 2.56. The lowest BCUT2D eigenvalue weighted by Gasteiger charge is -2.20. The molecule has 1 fully saturated rings. The molecule has 0 radical (unpaired) electrons. The van der Waals surface area contributed by atoms with Crippen LogP contribution in [0.25, 0.3) is 11.0 Å². The second-order valence-corrected chi connectivity index (χ2v) is 5.28. The Morgan fingerprint density at radius 2 is 2.05 bits per heavy atom. The fraction of sp³-hybridized carbons (Fsp3) is 0.375. The van der Waals surface area contributed by atoms with Gasteiger partial charge in [-0.3, -0.25) is 4.79 Å². The molecule has 0 spiro atoms. The van der Waals surface area contributed by atoms with Gasteiger partial charge in [-0.25, -0.2) is 4.79 Å². The molecule has 0 saturated carbocycles. The molecule has 1 aromatic heterocycles. The van der Waals surface area contributed by atoms with Crippen molar-refractivity contribution in [2.75, 3.05) is 26.2 Å². The first-order valence-corrected chi connectivity index (χ1v) is 7.21. The van der Waals surface area contributed by atoms with Crippen molar-refractivity contribution in [3.63, 3.8) is 0 Å². The molecular formula is C16H18N2O3. The molecule has 5 heteroatoms. The Kier molecular flexibility index (Phi) is 3.75. The van der Waals surface area contributed by atoms with E-state index >= 15 is 0 Å². The van der Waals surface area contributed by atoms with Crippen molar-refractivity contribution in [1.82, 2.24) is 10.2 Å². The number of amides is 1. The predicted octanol–water partition coefficient (Wildman–Crippen LogP) is 1.54. The fourth-order valence-electron chi connectivity index (χ4n) is 2.76. The molecule has 0 bridgehead atoms. The topological polar surface area (TPSA) is 62.6 Å². The summed E-state index contributed by atoms with van der Waals surface area (Å²) in [5.74, 6) is -0.226. The summed E-state index contributed by atoms with van der Waals surface area (Å²) in [4.78, 5) is 26.6. The number of carbonyl (C=O) groups excluding carboxylic acids is 1. The van der Waals surface area contributed by atoms with Gasteiger partial charge in [0.25, 0.3) is 5.91 Å². The molecule has 1 saturated heterocycles. The van der Waals surface area contributed by atoms with Crippen molar-refractivity contribution < 1.29 is 9.21 Å². The summed E-state index contributed by atoms with van der Waals surface area (Å²) in [5.41, 5.74) is 0.835. The molecular weight excluding hydrogens is 268 g/mol. The minimum Gasteiger partial charge on any atom is -0.422 e. The van der Waals surface area contributed by atoms with Gasteiger partial charge >= 0.3 is 5.63 Å². The van der Waals surface area contributed by atoms with E-state index in [1.807, 2.05) is 25.1 Å². The average molecular weight is 286 g/mol. The summed E-state index contributed by atoms with van der Waals surface area (Å²) in [6.45, 7) is 4.74. The van der Waals surface area contributed by atoms with Crippen LogP contribution in [0.4, 0.5) is 0 Å². The zero-order chi connectivity index (χ0) is 14.8. The number of fused-ring (bicyclic) bond motifs is 1. The van der Waals surface area contributed by atoms with Crippen LogP contribution >= 0.6 is 0 Å². The van der Waals surface area contributed by atoms with Crippen LogP contribution < -0.4 is 10.9 Å². The maximum atomic E-state index is 12.7. The number of para-hydroxylation sites is 1. The van der Waals surface area contributed by atoms with Gasteiger partial charge in [-0.05, 0) is 31.5 Å². The number of aryl methyl sites for hydroxylation is 1. The van der Waals surface area contributed by atoms with Crippen LogP contribution in [0, 0.1) is 6.92 Å². The first-order valence-electron chi connectivity index (χ1n) is 7.21. The number of nitrogens with zero attached hydrogens (tertiary/aromatic N) is 1. The van der Waals surface area contributed by atoms with Crippen LogP contribution in [-0.4, -0.2) is 37.0 Å². The molecule has 1 aromatic carbocycles. The van der Waals surface area contributed by atoms with Crippen LogP contribution in [0.5, 0.6) is 0 Å². The Bertz CT molecular complexity index is 728. The summed E-state index contributed by atoms with van der Waals surface area (Å²) in [7, 11) is 0. The number of benzene rings is 1. The number of nitrogens with one attached hydrogen (secondary N) is 1. The van der Waals surface area contributed by atoms with E-state index in [0.29, 0.717) is 24.2 Å². The summed E-state index contributed by atoms with van der Waals surface area (Å²) in [6.07, 6.45) is 0.893. The van der Waals surface area contributed by atoms with E-state index in [1.165, 1.54) is 0 Å². The molecule has 110 valence electrons. The molecule has 1 amide bonds. The zero-order valence-corrected chi connectivity index (χ0v) is 12.0. The highest BCUT2D eigenvalue weighted by Gasteiger charge is 2.24. The van der Waals surface area contributed by atoms with Gasteiger partial charge in [0.05, 0.1) is 0 Å². The lowest BCUT2D eigenvalue weighted by Crippen LogP contribution is -2.37. The zero-order valence-electron chi connectivity index (χ0n) is 12.0. The SMILES string of the molecule is Cc1c(C(=O)N2CCCNCC2)c(=O)oc2ccccc12. The van der Waals surface area contributed by atoms with Gasteiger partial charge in [-0.15, -0.1) is 0 Å². The number of rotatable bonds is 1. The first-order chi connectivity index (χ1) is 10.2. The Balaban J connectivity index is 2.07. The number of hydrogen-bond donors (Lipinski definition) is 1. The molecule has 1 N–H and O–H groups in total. The van der Waals surface area contributed by atoms with Gasteiger partial charge in [0, 0.05) is 25.0 Å². The van der Waals surface area contributed by atoms with Crippen LogP contribution in [0.15, 0.2) is 33.5 Å². The molecule has 21 heavy (non-hydrogen) atoms. The summed E-state index contributed by atoms with van der Waals surface area (Å²) in [6, 6.07) is 7.30. The highest BCUT2D eigenvalue weighted by molar-refractivity contribution is 5.99. The van der Waals surface area contributed by atoms with Crippen molar-refractivity contribution >= 4 is 16.9 Å². The minimum atomic E-state index is -0.548. The maximum Gasteiger partial charge on any atom is 0.349 e. The van der Waals surface area contributed by atoms with Crippen molar-refractivity contribution in [3.05, 3.63) is 45.8 Å². The normalized spacial score (nSPS) is 16.0. The molecule has 2 aromatic rings. The quantitative estimate of drug-likeness (QED) is 0.808. The maximum absolute atomic E-state index is 12.7. The third-order valence-electron chi connectivity index (χ3n) is 3.91. The van der Waals surface area contributed by atoms with E-state index in [9.17, 15) is 9.59 Å². The van der Waals surface area contributed by atoms with Crippen molar-refractivity contribution in [1.29, 1.82) is 0 Å². The fourth-order valence-corrected chi connectivity index (χ4v) is 2.76. The Morgan fingerprint density at radius 1 is 1.24 bits per heavy atom. The van der Waals surface area contributed by atoms with Gasteiger partial charge in [-0.2, -0.15) is 0 Å². The van der Waals surface area contributed by atoms with Gasteiger partial charge in [0.15, 0.2) is 0 Å². The monoisotopic (exact) mass is 286 g/mol. The second kappa shape index (κ2) is 5.69. The van der Waals surface area contributed by atoms with Crippen molar-refractivity contribution in [3.8, 4) is 0 Å². The van der Waals surface area contributed by atoms with Crippen LogP contribution in [-0.2, 0) is 0 Å². The summed E-state index contributed by atoms with van der Waals surface area (Å²) in [5, 5.41) is 4.06. The molecule has 1 aliphatic rings. The van der Waals surface area contributed by atoms with Gasteiger partial charge < -0.3 is 14.6 Å². The standard InChI is InChI=1S/C16H18N2O3/c1-11-12-5-2-3-6-13(12)21-16(20)14(11)15(19)18-9-4-7-17-8-10-18/h2-3,5-6,17H,4,7-10H2,1H3. The van der Waals surface area contributed by atoms with E-state index in [-0.39, 0.29) is 11.5 Å². The Morgan fingerprint density at radius 3 is 2.90 bits per heavy atom. The van der Waals surface area contributed by atoms with Crippen LogP contribution in [0.1, 0.15) is 22.3 Å². The molecule has 3 rings (SSSR count). The molecule has 5 nitrogen and oxygen atoms in total. The molecule has 0 aliphatic carbocycles. The van der Waals surface area contributed by atoms with Gasteiger partial charge in [0.1, 0.15) is 11.1 Å². The molecule has 2 heterocycles. The van der Waals surface area contributed by atoms with E-state index in [0.717, 1.165) is 24.9 Å². The molecule has 1 aliphatic heterocycles. The number of hydrogen-bond acceptors (Lipinski definition) is 4. The summed E-state index contributed by atoms with van der Waals surface area (Å²) < 4.78 is 5.30. The highest BCUT2D eigenvalue weighted by atomic mass is 16.4. The van der Waals surface area contributed by atoms with E-state index in [2.05, 4.69) is 5.32 Å². The third-order valence-corrected chi connectivity index (χ3v) is 3.91. The van der Waals surface area contributed by atoms with E-state index in [1.54, 1.807) is 11.0 Å². The van der Waals surface area contributed by atoms with Gasteiger partial charge in [0.2, 0.25) is 0 Å². The second-order valence-electron chi connectivity index (χ2n) is 5.28. The highest BCUT2D eigenvalue weighted by Crippen LogP contribution is 2.20. The Labute approximate surface area is 122 Å². The van der Waals surface area contributed by atoms with Crippen LogP contribution in [0.3, 0.4) is 0 Å². The lowest BCUT2D eigenvalue weighted by molar-refractivity contribution is 0.0761. The molecule has 0 unspecified atom stereocenters. The van der Waals surface area contributed by atoms with Crippen molar-refractivity contribution in [2.45, 2.75) is 13.3 Å². The first kappa shape index (κ1) is 13.8. The van der Waals surface area contributed by atoms with Crippen LogP contribution in [0.2, 0.25) is 0 Å². The summed E-state index contributed by atoms with van der Waals surface area (Å²) >= 11 is 0. The van der Waals surface area contributed by atoms with E-state index < -0.39 is 5.63 Å².